The van der Waals surface area contributed by atoms with Gasteiger partial charge < -0.3 is 25.4 Å². The summed E-state index contributed by atoms with van der Waals surface area (Å²) in [5.74, 6) is 1.07. The second kappa shape index (κ2) is 8.65. The Morgan fingerprint density at radius 2 is 1.71 bits per heavy atom. The highest BCUT2D eigenvalue weighted by Crippen LogP contribution is 2.30. The van der Waals surface area contributed by atoms with E-state index in [-0.39, 0.29) is 25.1 Å². The lowest BCUT2D eigenvalue weighted by Crippen LogP contribution is -2.46. The minimum absolute atomic E-state index is 0.122. The number of aryl methyl sites for hydroxylation is 3. The van der Waals surface area contributed by atoms with Crippen LogP contribution in [0.1, 0.15) is 16.7 Å². The molecule has 0 aromatic heterocycles. The van der Waals surface area contributed by atoms with Crippen LogP contribution in [0.5, 0.6) is 11.5 Å². The molecule has 2 aromatic rings. The second-order valence-electron chi connectivity index (χ2n) is 6.88. The molecule has 0 saturated carbocycles. The predicted molar refractivity (Wildman–Crippen MR) is 107 cm³/mol. The van der Waals surface area contributed by atoms with Crippen molar-refractivity contribution in [1.29, 1.82) is 0 Å². The monoisotopic (exact) mass is 383 g/mol. The van der Waals surface area contributed by atoms with Gasteiger partial charge in [-0.2, -0.15) is 0 Å². The molecule has 0 saturated heterocycles. The standard InChI is InChI=1S/C21H25N3O4/c1-13-8-14(2)20(15(3)9-13)24-19(25)11-23-21(26)22-10-16-12-27-17-6-4-5-7-18(17)28-16/h4-9,16H,10-12H2,1-3H3,(H,24,25)(H2,22,23,26)/t16-/m0/s1. The summed E-state index contributed by atoms with van der Waals surface area (Å²) < 4.78 is 11.4. The number of hydrogen-bond donors (Lipinski definition) is 3. The van der Waals surface area contributed by atoms with Gasteiger partial charge >= 0.3 is 6.03 Å². The summed E-state index contributed by atoms with van der Waals surface area (Å²) in [5, 5.41) is 8.10. The maximum atomic E-state index is 12.2. The largest absolute Gasteiger partial charge is 0.486 e. The Morgan fingerprint density at radius 3 is 2.43 bits per heavy atom. The first kappa shape index (κ1) is 19.5. The topological polar surface area (TPSA) is 88.7 Å². The molecule has 0 aliphatic carbocycles. The molecule has 0 radical (unpaired) electrons. The van der Waals surface area contributed by atoms with Crippen molar-refractivity contribution >= 4 is 17.6 Å². The Balaban J connectivity index is 1.42. The first-order valence-corrected chi connectivity index (χ1v) is 9.20. The van der Waals surface area contributed by atoms with Crippen molar-refractivity contribution in [3.63, 3.8) is 0 Å². The van der Waals surface area contributed by atoms with Crippen LogP contribution >= 0.6 is 0 Å². The van der Waals surface area contributed by atoms with E-state index in [0.717, 1.165) is 22.4 Å². The third kappa shape index (κ3) is 4.94. The molecule has 148 valence electrons. The molecule has 2 aromatic carbocycles. The van der Waals surface area contributed by atoms with Crippen molar-refractivity contribution in [2.45, 2.75) is 26.9 Å². The third-order valence-corrected chi connectivity index (χ3v) is 4.41. The molecule has 0 unspecified atom stereocenters. The average molecular weight is 383 g/mol. The SMILES string of the molecule is Cc1cc(C)c(NC(=O)CNC(=O)NC[C@H]2COc3ccccc3O2)c(C)c1. The lowest BCUT2D eigenvalue weighted by Gasteiger charge is -2.26. The van der Waals surface area contributed by atoms with Gasteiger partial charge in [-0.15, -0.1) is 0 Å². The molecular formula is C21H25N3O4. The van der Waals surface area contributed by atoms with Crippen molar-refractivity contribution in [2.75, 3.05) is 25.0 Å². The number of amides is 3. The van der Waals surface area contributed by atoms with Crippen LogP contribution in [0.15, 0.2) is 36.4 Å². The minimum Gasteiger partial charge on any atom is -0.486 e. The Morgan fingerprint density at radius 1 is 1.04 bits per heavy atom. The number of anilines is 1. The van der Waals surface area contributed by atoms with Gasteiger partial charge in [-0.25, -0.2) is 4.79 Å². The second-order valence-corrected chi connectivity index (χ2v) is 6.88. The van der Waals surface area contributed by atoms with Crippen molar-refractivity contribution in [1.82, 2.24) is 10.6 Å². The van der Waals surface area contributed by atoms with E-state index in [1.807, 2.05) is 57.2 Å². The van der Waals surface area contributed by atoms with Crippen LogP contribution in [0, 0.1) is 20.8 Å². The van der Waals surface area contributed by atoms with Crippen LogP contribution in [-0.2, 0) is 4.79 Å². The van der Waals surface area contributed by atoms with Gasteiger partial charge in [-0.3, -0.25) is 4.79 Å². The molecule has 0 spiro atoms. The van der Waals surface area contributed by atoms with Crippen molar-refractivity contribution in [2.24, 2.45) is 0 Å². The number of nitrogens with one attached hydrogen (secondary N) is 3. The van der Waals surface area contributed by atoms with E-state index in [1.54, 1.807) is 0 Å². The number of ether oxygens (including phenoxy) is 2. The number of para-hydroxylation sites is 2. The van der Waals surface area contributed by atoms with Gasteiger partial charge in [0.1, 0.15) is 6.61 Å². The molecule has 1 aliphatic rings. The molecule has 28 heavy (non-hydrogen) atoms. The molecule has 7 nitrogen and oxygen atoms in total. The molecule has 1 heterocycles. The van der Waals surface area contributed by atoms with Gasteiger partial charge in [0.05, 0.1) is 13.1 Å². The first-order chi connectivity index (χ1) is 13.4. The molecule has 0 fully saturated rings. The van der Waals surface area contributed by atoms with Crippen molar-refractivity contribution in [3.8, 4) is 11.5 Å². The molecule has 1 aliphatic heterocycles. The molecule has 0 bridgehead atoms. The van der Waals surface area contributed by atoms with E-state index >= 15 is 0 Å². The molecule has 3 N–H and O–H groups in total. The van der Waals surface area contributed by atoms with Crippen molar-refractivity contribution in [3.05, 3.63) is 53.1 Å². The summed E-state index contributed by atoms with van der Waals surface area (Å²) in [7, 11) is 0. The number of benzene rings is 2. The highest BCUT2D eigenvalue weighted by molar-refractivity contribution is 5.95. The van der Waals surface area contributed by atoms with Gasteiger partial charge in [0, 0.05) is 5.69 Å². The number of carbonyl (C=O) groups is 2. The third-order valence-electron chi connectivity index (χ3n) is 4.41. The molecule has 3 rings (SSSR count). The van der Waals surface area contributed by atoms with Crippen LogP contribution in [-0.4, -0.2) is 37.7 Å². The quantitative estimate of drug-likeness (QED) is 0.741. The highest BCUT2D eigenvalue weighted by Gasteiger charge is 2.21. The predicted octanol–water partition coefficient (Wildman–Crippen LogP) is 2.69. The molecule has 1 atom stereocenters. The minimum atomic E-state index is -0.435. The van der Waals surface area contributed by atoms with E-state index in [1.165, 1.54) is 0 Å². The Bertz CT molecular complexity index is 859. The fourth-order valence-corrected chi connectivity index (χ4v) is 3.15. The van der Waals surface area contributed by atoms with E-state index in [9.17, 15) is 9.59 Å². The summed E-state index contributed by atoms with van der Waals surface area (Å²) in [4.78, 5) is 24.1. The van der Waals surface area contributed by atoms with Gasteiger partial charge in [0.15, 0.2) is 17.6 Å². The van der Waals surface area contributed by atoms with Gasteiger partial charge in [0.25, 0.3) is 0 Å². The highest BCUT2D eigenvalue weighted by atomic mass is 16.6. The summed E-state index contributed by atoms with van der Waals surface area (Å²) in [5.41, 5.74) is 3.90. The zero-order valence-corrected chi connectivity index (χ0v) is 16.3. The number of carbonyl (C=O) groups excluding carboxylic acids is 2. The number of rotatable bonds is 5. The van der Waals surface area contributed by atoms with Crippen LogP contribution in [0.2, 0.25) is 0 Å². The fourth-order valence-electron chi connectivity index (χ4n) is 3.15. The van der Waals surface area contributed by atoms with E-state index in [2.05, 4.69) is 16.0 Å². The Kier molecular flexibility index (Phi) is 6.03. The normalized spacial score (nSPS) is 14.9. The molecule has 3 amide bonds. The zero-order valence-electron chi connectivity index (χ0n) is 16.3. The first-order valence-electron chi connectivity index (χ1n) is 9.20. The maximum Gasteiger partial charge on any atom is 0.315 e. The average Bonchev–Trinajstić information content (AvgIpc) is 2.67. The number of urea groups is 1. The lowest BCUT2D eigenvalue weighted by molar-refractivity contribution is -0.115. The fraction of sp³-hybridized carbons (Fsp3) is 0.333. The maximum absolute atomic E-state index is 12.2. The zero-order chi connectivity index (χ0) is 20.1. The van der Waals surface area contributed by atoms with E-state index in [4.69, 9.17) is 9.47 Å². The van der Waals surface area contributed by atoms with Gasteiger partial charge in [-0.05, 0) is 44.0 Å². The van der Waals surface area contributed by atoms with Crippen LogP contribution in [0.3, 0.4) is 0 Å². The Labute approximate surface area is 164 Å². The lowest BCUT2D eigenvalue weighted by atomic mass is 10.1. The van der Waals surface area contributed by atoms with Crippen LogP contribution < -0.4 is 25.4 Å². The molecular weight excluding hydrogens is 358 g/mol. The van der Waals surface area contributed by atoms with Crippen LogP contribution in [0.4, 0.5) is 10.5 Å². The summed E-state index contributed by atoms with van der Waals surface area (Å²) in [6, 6.07) is 11.0. The van der Waals surface area contributed by atoms with Crippen LogP contribution in [0.25, 0.3) is 0 Å². The number of fused-ring (bicyclic) bond motifs is 1. The van der Waals surface area contributed by atoms with E-state index < -0.39 is 6.03 Å². The summed E-state index contributed by atoms with van der Waals surface area (Å²) in [6.07, 6.45) is -0.285. The number of hydrogen-bond acceptors (Lipinski definition) is 4. The van der Waals surface area contributed by atoms with Gasteiger partial charge in [0.2, 0.25) is 5.91 Å². The summed E-state index contributed by atoms with van der Waals surface area (Å²) >= 11 is 0. The van der Waals surface area contributed by atoms with Gasteiger partial charge in [-0.1, -0.05) is 29.8 Å². The smallest absolute Gasteiger partial charge is 0.315 e. The van der Waals surface area contributed by atoms with Crippen molar-refractivity contribution < 1.29 is 19.1 Å². The Hall–Kier alpha value is -3.22. The molecule has 7 heteroatoms. The summed E-state index contributed by atoms with van der Waals surface area (Å²) in [6.45, 7) is 6.41. The van der Waals surface area contributed by atoms with E-state index in [0.29, 0.717) is 18.1 Å².